The van der Waals surface area contributed by atoms with Gasteiger partial charge in [0.2, 0.25) is 0 Å². The van der Waals surface area contributed by atoms with E-state index in [1.807, 2.05) is 42.5 Å². The van der Waals surface area contributed by atoms with Gasteiger partial charge in [0.15, 0.2) is 0 Å². The van der Waals surface area contributed by atoms with E-state index >= 15 is 0 Å². The molecule has 18 heavy (non-hydrogen) atoms. The van der Waals surface area contributed by atoms with Crippen molar-refractivity contribution in [2.45, 2.75) is 6.32 Å². The van der Waals surface area contributed by atoms with Crippen LogP contribution in [-0.2, 0) is 0 Å². The average Bonchev–Trinajstić information content (AvgIpc) is 2.46. The molecule has 0 bridgehead atoms. The highest BCUT2D eigenvalue weighted by Crippen LogP contribution is 2.23. The first-order valence-electron chi connectivity index (χ1n) is 5.93. The minimum absolute atomic E-state index is 0.515. The fourth-order valence-electron chi connectivity index (χ4n) is 1.82. The van der Waals surface area contributed by atoms with Crippen molar-refractivity contribution < 1.29 is 4.74 Å². The molecule has 0 aliphatic rings. The van der Waals surface area contributed by atoms with E-state index in [0.717, 1.165) is 22.4 Å². The molecule has 0 aliphatic carbocycles. The van der Waals surface area contributed by atoms with Crippen molar-refractivity contribution in [2.24, 2.45) is 0 Å². The van der Waals surface area contributed by atoms with Crippen LogP contribution < -0.4 is 4.74 Å². The normalized spacial score (nSPS) is 11.3. The second kappa shape index (κ2) is 6.11. The summed E-state index contributed by atoms with van der Waals surface area (Å²) in [5.74, 6) is 0.856. The zero-order chi connectivity index (χ0) is 12.8. The SMILES string of the molecule is [B]C/C(=C\c1ccccc1)c1ccc(OC)cc1. The Morgan fingerprint density at radius 2 is 1.72 bits per heavy atom. The van der Waals surface area contributed by atoms with Crippen molar-refractivity contribution in [3.8, 4) is 5.75 Å². The lowest BCUT2D eigenvalue weighted by Crippen LogP contribution is -1.86. The number of benzene rings is 2. The highest BCUT2D eigenvalue weighted by atomic mass is 16.5. The van der Waals surface area contributed by atoms with Gasteiger partial charge in [-0.15, -0.1) is 0 Å². The van der Waals surface area contributed by atoms with E-state index in [2.05, 4.69) is 18.2 Å². The van der Waals surface area contributed by atoms with Crippen LogP contribution in [0.15, 0.2) is 54.6 Å². The fourth-order valence-corrected chi connectivity index (χ4v) is 1.82. The molecule has 0 saturated heterocycles. The Morgan fingerprint density at radius 3 is 2.28 bits per heavy atom. The Hall–Kier alpha value is -1.96. The van der Waals surface area contributed by atoms with Crippen molar-refractivity contribution in [3.05, 3.63) is 65.7 Å². The van der Waals surface area contributed by atoms with Crippen LogP contribution in [0.3, 0.4) is 0 Å². The molecule has 0 N–H and O–H groups in total. The van der Waals surface area contributed by atoms with Crippen LogP contribution in [-0.4, -0.2) is 15.0 Å². The fraction of sp³-hybridized carbons (Fsp3) is 0.125. The first-order chi connectivity index (χ1) is 8.83. The van der Waals surface area contributed by atoms with Crippen LogP contribution in [0.2, 0.25) is 6.32 Å². The van der Waals surface area contributed by atoms with Gasteiger partial charge in [-0.2, -0.15) is 0 Å². The molecule has 2 heteroatoms. The maximum Gasteiger partial charge on any atom is 0.118 e. The number of allylic oxidation sites excluding steroid dienone is 1. The molecule has 88 valence electrons. The van der Waals surface area contributed by atoms with Gasteiger partial charge in [0, 0.05) is 0 Å². The molecule has 0 aliphatic heterocycles. The third kappa shape index (κ3) is 3.04. The number of hydrogen-bond acceptors (Lipinski definition) is 1. The smallest absolute Gasteiger partial charge is 0.118 e. The quantitative estimate of drug-likeness (QED) is 0.577. The monoisotopic (exact) mass is 234 g/mol. The molecule has 0 aromatic heterocycles. The van der Waals surface area contributed by atoms with E-state index < -0.39 is 0 Å². The molecule has 2 rings (SSSR count). The highest BCUT2D eigenvalue weighted by molar-refractivity contribution is 6.16. The molecule has 2 aromatic carbocycles. The second-order valence-corrected chi connectivity index (χ2v) is 4.01. The average molecular weight is 234 g/mol. The molecule has 2 radical (unpaired) electrons. The largest absolute Gasteiger partial charge is 0.497 e. The molecular formula is C16H15BO. The van der Waals surface area contributed by atoms with Crippen molar-refractivity contribution in [3.63, 3.8) is 0 Å². The van der Waals surface area contributed by atoms with Gasteiger partial charge < -0.3 is 4.74 Å². The second-order valence-electron chi connectivity index (χ2n) is 4.01. The van der Waals surface area contributed by atoms with E-state index in [9.17, 15) is 0 Å². The van der Waals surface area contributed by atoms with Gasteiger partial charge in [-0.3, -0.25) is 0 Å². The van der Waals surface area contributed by atoms with Gasteiger partial charge in [0.1, 0.15) is 5.75 Å². The van der Waals surface area contributed by atoms with Crippen LogP contribution in [0.5, 0.6) is 5.75 Å². The highest BCUT2D eigenvalue weighted by Gasteiger charge is 2.00. The number of hydrogen-bond donors (Lipinski definition) is 0. The summed E-state index contributed by atoms with van der Waals surface area (Å²) < 4.78 is 5.15. The van der Waals surface area contributed by atoms with Gasteiger partial charge in [0.25, 0.3) is 0 Å². The molecule has 0 atom stereocenters. The minimum atomic E-state index is 0.515. The summed E-state index contributed by atoms with van der Waals surface area (Å²) in [6.45, 7) is 0. The van der Waals surface area contributed by atoms with Crippen LogP contribution in [0, 0.1) is 0 Å². The van der Waals surface area contributed by atoms with Crippen LogP contribution >= 0.6 is 0 Å². The topological polar surface area (TPSA) is 9.23 Å². The molecule has 0 saturated carbocycles. The molecule has 0 fully saturated rings. The van der Waals surface area contributed by atoms with Gasteiger partial charge in [-0.25, -0.2) is 0 Å². The maximum atomic E-state index is 5.82. The Morgan fingerprint density at radius 1 is 1.06 bits per heavy atom. The van der Waals surface area contributed by atoms with Crippen LogP contribution in [0.1, 0.15) is 11.1 Å². The van der Waals surface area contributed by atoms with E-state index in [-0.39, 0.29) is 0 Å². The maximum absolute atomic E-state index is 5.82. The third-order valence-corrected chi connectivity index (χ3v) is 2.82. The van der Waals surface area contributed by atoms with Crippen molar-refractivity contribution in [2.75, 3.05) is 7.11 Å². The summed E-state index contributed by atoms with van der Waals surface area (Å²) >= 11 is 0. The first-order valence-corrected chi connectivity index (χ1v) is 5.93. The molecule has 0 spiro atoms. The summed E-state index contributed by atoms with van der Waals surface area (Å²) in [7, 11) is 7.49. The number of ether oxygens (including phenoxy) is 1. The van der Waals surface area contributed by atoms with Gasteiger partial charge in [-0.05, 0) is 28.8 Å². The lowest BCUT2D eigenvalue weighted by molar-refractivity contribution is 0.415. The summed E-state index contributed by atoms with van der Waals surface area (Å²) in [6.07, 6.45) is 2.63. The predicted octanol–water partition coefficient (Wildman–Crippen LogP) is 3.82. The summed E-state index contributed by atoms with van der Waals surface area (Å²) in [5.41, 5.74) is 3.40. The van der Waals surface area contributed by atoms with Gasteiger partial charge in [0.05, 0.1) is 15.0 Å². The zero-order valence-electron chi connectivity index (χ0n) is 10.5. The predicted molar refractivity (Wildman–Crippen MR) is 77.9 cm³/mol. The molecule has 0 unspecified atom stereocenters. The molecule has 1 nitrogen and oxygen atoms in total. The van der Waals surface area contributed by atoms with Crippen molar-refractivity contribution in [1.29, 1.82) is 0 Å². The molecule has 0 amide bonds. The zero-order valence-corrected chi connectivity index (χ0v) is 10.5. The number of rotatable bonds is 4. The third-order valence-electron chi connectivity index (χ3n) is 2.82. The first kappa shape index (κ1) is 12.5. The lowest BCUT2D eigenvalue weighted by Gasteiger charge is -2.07. The summed E-state index contributed by atoms with van der Waals surface area (Å²) in [4.78, 5) is 0. The van der Waals surface area contributed by atoms with E-state index in [1.165, 1.54) is 0 Å². The van der Waals surface area contributed by atoms with Gasteiger partial charge >= 0.3 is 0 Å². The van der Waals surface area contributed by atoms with E-state index in [4.69, 9.17) is 12.6 Å². The van der Waals surface area contributed by atoms with E-state index in [1.54, 1.807) is 7.11 Å². The van der Waals surface area contributed by atoms with Crippen molar-refractivity contribution >= 4 is 19.5 Å². The van der Waals surface area contributed by atoms with Crippen molar-refractivity contribution in [1.82, 2.24) is 0 Å². The lowest BCUT2D eigenvalue weighted by atomic mass is 9.90. The molecular weight excluding hydrogens is 219 g/mol. The Kier molecular flexibility index (Phi) is 4.24. The summed E-state index contributed by atoms with van der Waals surface area (Å²) in [6, 6.07) is 18.1. The van der Waals surface area contributed by atoms with Crippen LogP contribution in [0.4, 0.5) is 0 Å². The van der Waals surface area contributed by atoms with Crippen LogP contribution in [0.25, 0.3) is 11.6 Å². The summed E-state index contributed by atoms with van der Waals surface area (Å²) in [5, 5.41) is 0. The standard InChI is InChI=1S/C16H15BO/c1-18-16-9-7-14(8-10-16)15(12-17)11-13-5-3-2-4-6-13/h2-11H,12H2,1H3/b15-11+. The Labute approximate surface area is 110 Å². The van der Waals surface area contributed by atoms with E-state index in [0.29, 0.717) is 6.32 Å². The Bertz CT molecular complexity index is 515. The minimum Gasteiger partial charge on any atom is -0.497 e. The molecule has 0 heterocycles. The number of methoxy groups -OCH3 is 1. The molecule has 2 aromatic rings. The van der Waals surface area contributed by atoms with Gasteiger partial charge in [-0.1, -0.05) is 54.9 Å². The Balaban J connectivity index is 2.30.